The van der Waals surface area contributed by atoms with Crippen LogP contribution in [0.1, 0.15) is 24.6 Å². The van der Waals surface area contributed by atoms with Crippen LogP contribution in [0.4, 0.5) is 5.69 Å². The minimum Gasteiger partial charge on any atom is -0.375 e. The molecule has 1 N–H and O–H groups in total. The summed E-state index contributed by atoms with van der Waals surface area (Å²) in [6.45, 7) is 2.11. The van der Waals surface area contributed by atoms with Gasteiger partial charge >= 0.3 is 0 Å². The average molecular weight is 313 g/mol. The molecule has 2 atom stereocenters. The van der Waals surface area contributed by atoms with Gasteiger partial charge < -0.3 is 5.32 Å². The quantitative estimate of drug-likeness (QED) is 0.762. The van der Waals surface area contributed by atoms with Crippen LogP contribution in [-0.4, -0.2) is 14.8 Å². The lowest BCUT2D eigenvalue weighted by Crippen LogP contribution is -2.22. The van der Waals surface area contributed by atoms with Crippen molar-refractivity contribution in [2.45, 2.75) is 19.0 Å². The van der Waals surface area contributed by atoms with E-state index in [9.17, 15) is 0 Å². The molecule has 22 heavy (non-hydrogen) atoms. The molecule has 2 unspecified atom stereocenters. The van der Waals surface area contributed by atoms with E-state index in [0.29, 0.717) is 5.02 Å². The number of hydrogen-bond donors (Lipinski definition) is 1. The third-order valence-electron chi connectivity index (χ3n) is 3.68. The monoisotopic (exact) mass is 312 g/mol. The van der Waals surface area contributed by atoms with Gasteiger partial charge in [-0.2, -0.15) is 5.10 Å². The van der Waals surface area contributed by atoms with Crippen molar-refractivity contribution < 1.29 is 0 Å². The Labute approximate surface area is 134 Å². The molecule has 0 fully saturated rings. The summed E-state index contributed by atoms with van der Waals surface area (Å²) < 4.78 is 1.85. The van der Waals surface area contributed by atoms with Crippen LogP contribution in [0.15, 0.2) is 67.3 Å². The maximum Gasteiger partial charge on any atom is 0.137 e. The van der Waals surface area contributed by atoms with Crippen LogP contribution in [0, 0.1) is 0 Å². The molecule has 112 valence electrons. The molecule has 1 aromatic heterocycles. The van der Waals surface area contributed by atoms with Gasteiger partial charge in [0.15, 0.2) is 0 Å². The Morgan fingerprint density at radius 1 is 1.05 bits per heavy atom. The van der Waals surface area contributed by atoms with Gasteiger partial charge in [-0.25, -0.2) is 9.67 Å². The Kier molecular flexibility index (Phi) is 4.39. The zero-order chi connectivity index (χ0) is 15.4. The van der Waals surface area contributed by atoms with E-state index in [2.05, 4.69) is 34.5 Å². The lowest BCUT2D eigenvalue weighted by atomic mass is 10.00. The van der Waals surface area contributed by atoms with Crippen molar-refractivity contribution in [3.05, 3.63) is 77.8 Å². The molecule has 0 saturated carbocycles. The van der Waals surface area contributed by atoms with E-state index in [1.165, 1.54) is 5.56 Å². The highest BCUT2D eigenvalue weighted by Gasteiger charge is 2.22. The fourth-order valence-electron chi connectivity index (χ4n) is 2.47. The molecule has 0 amide bonds. The molecule has 2 aromatic carbocycles. The number of hydrogen-bond acceptors (Lipinski definition) is 3. The van der Waals surface area contributed by atoms with Crippen molar-refractivity contribution in [3.63, 3.8) is 0 Å². The van der Waals surface area contributed by atoms with Gasteiger partial charge in [-0.1, -0.05) is 54.1 Å². The van der Waals surface area contributed by atoms with Crippen LogP contribution in [0.5, 0.6) is 0 Å². The number of anilines is 1. The normalized spacial score (nSPS) is 13.5. The summed E-state index contributed by atoms with van der Waals surface area (Å²) in [4.78, 5) is 4.04. The second kappa shape index (κ2) is 6.62. The molecule has 5 heteroatoms. The molecular formula is C17H17ClN4. The Morgan fingerprint density at radius 2 is 1.77 bits per heavy atom. The maximum atomic E-state index is 6.29. The number of benzene rings is 2. The van der Waals surface area contributed by atoms with Crippen LogP contribution in [0.3, 0.4) is 0 Å². The van der Waals surface area contributed by atoms with E-state index < -0.39 is 0 Å². The summed E-state index contributed by atoms with van der Waals surface area (Å²) in [5, 5.41) is 8.49. The van der Waals surface area contributed by atoms with Gasteiger partial charge in [-0.3, -0.25) is 0 Å². The first kappa shape index (κ1) is 14.6. The standard InChI is InChI=1S/C17H17ClN4/c1-13(22-12-19-11-20-22)17(14-7-3-2-4-8-14)21-16-10-6-5-9-15(16)18/h2-13,17,21H,1H3. The molecule has 0 spiro atoms. The van der Waals surface area contributed by atoms with E-state index in [0.717, 1.165) is 5.69 Å². The summed E-state index contributed by atoms with van der Waals surface area (Å²) in [6.07, 6.45) is 3.28. The molecule has 0 radical (unpaired) electrons. The first-order valence-corrected chi connectivity index (χ1v) is 7.53. The lowest BCUT2D eigenvalue weighted by molar-refractivity contribution is 0.433. The minimum atomic E-state index is 0.0304. The van der Waals surface area contributed by atoms with Gasteiger partial charge in [-0.15, -0.1) is 0 Å². The number of aromatic nitrogens is 3. The van der Waals surface area contributed by atoms with Gasteiger partial charge in [0.05, 0.1) is 22.8 Å². The Balaban J connectivity index is 1.95. The van der Waals surface area contributed by atoms with E-state index in [-0.39, 0.29) is 12.1 Å². The molecule has 1 heterocycles. The van der Waals surface area contributed by atoms with Crippen molar-refractivity contribution in [1.82, 2.24) is 14.8 Å². The second-order valence-corrected chi connectivity index (χ2v) is 5.54. The third-order valence-corrected chi connectivity index (χ3v) is 4.01. The highest BCUT2D eigenvalue weighted by atomic mass is 35.5. The third kappa shape index (κ3) is 3.12. The van der Waals surface area contributed by atoms with E-state index in [4.69, 9.17) is 11.6 Å². The fraction of sp³-hybridized carbons (Fsp3) is 0.176. The van der Waals surface area contributed by atoms with Gasteiger partial charge in [0.1, 0.15) is 12.7 Å². The first-order valence-electron chi connectivity index (χ1n) is 7.16. The van der Waals surface area contributed by atoms with Crippen LogP contribution >= 0.6 is 11.6 Å². The molecule has 0 aliphatic rings. The predicted octanol–water partition coefficient (Wildman–Crippen LogP) is 4.35. The average Bonchev–Trinajstić information content (AvgIpc) is 3.09. The zero-order valence-corrected chi connectivity index (χ0v) is 13.0. The van der Waals surface area contributed by atoms with Crippen LogP contribution < -0.4 is 5.32 Å². The molecule has 0 aliphatic carbocycles. The first-order chi connectivity index (χ1) is 10.8. The summed E-state index contributed by atoms with van der Waals surface area (Å²) in [6, 6.07) is 18.1. The van der Waals surface area contributed by atoms with Gasteiger partial charge in [-0.05, 0) is 24.6 Å². The smallest absolute Gasteiger partial charge is 0.137 e. The molecular weight excluding hydrogens is 296 g/mol. The van der Waals surface area contributed by atoms with Crippen LogP contribution in [0.2, 0.25) is 5.02 Å². The SMILES string of the molecule is CC(C(Nc1ccccc1Cl)c1ccccc1)n1cncn1. The fourth-order valence-corrected chi connectivity index (χ4v) is 2.66. The maximum absolute atomic E-state index is 6.29. The van der Waals surface area contributed by atoms with Crippen LogP contribution in [-0.2, 0) is 0 Å². The summed E-state index contributed by atoms with van der Waals surface area (Å²) in [5.41, 5.74) is 2.08. The second-order valence-electron chi connectivity index (χ2n) is 5.13. The molecule has 0 bridgehead atoms. The number of nitrogens with one attached hydrogen (secondary N) is 1. The summed E-state index contributed by atoms with van der Waals surface area (Å²) in [7, 11) is 0. The number of halogens is 1. The molecule has 3 rings (SSSR count). The van der Waals surface area contributed by atoms with Crippen LogP contribution in [0.25, 0.3) is 0 Å². The largest absolute Gasteiger partial charge is 0.375 e. The minimum absolute atomic E-state index is 0.0304. The number of rotatable bonds is 5. The van der Waals surface area contributed by atoms with Crippen molar-refractivity contribution >= 4 is 17.3 Å². The van der Waals surface area contributed by atoms with Crippen molar-refractivity contribution in [1.29, 1.82) is 0 Å². The Bertz CT molecular complexity index is 713. The van der Waals surface area contributed by atoms with Gasteiger partial charge in [0, 0.05) is 0 Å². The van der Waals surface area contributed by atoms with Gasteiger partial charge in [0.2, 0.25) is 0 Å². The summed E-state index contributed by atoms with van der Waals surface area (Å²) in [5.74, 6) is 0. The molecule has 4 nitrogen and oxygen atoms in total. The lowest BCUT2D eigenvalue weighted by Gasteiger charge is -2.27. The van der Waals surface area contributed by atoms with Crippen molar-refractivity contribution in [3.8, 4) is 0 Å². The van der Waals surface area contributed by atoms with Crippen molar-refractivity contribution in [2.75, 3.05) is 5.32 Å². The highest BCUT2D eigenvalue weighted by Crippen LogP contribution is 2.32. The molecule has 0 aliphatic heterocycles. The number of nitrogens with zero attached hydrogens (tertiary/aromatic N) is 3. The highest BCUT2D eigenvalue weighted by molar-refractivity contribution is 6.33. The predicted molar refractivity (Wildman–Crippen MR) is 89.0 cm³/mol. The van der Waals surface area contributed by atoms with Crippen molar-refractivity contribution in [2.24, 2.45) is 0 Å². The Hall–Kier alpha value is -2.33. The number of para-hydroxylation sites is 1. The zero-order valence-electron chi connectivity index (χ0n) is 12.2. The molecule has 0 saturated heterocycles. The van der Waals surface area contributed by atoms with E-state index in [1.807, 2.05) is 47.1 Å². The topological polar surface area (TPSA) is 42.7 Å². The summed E-state index contributed by atoms with van der Waals surface area (Å²) >= 11 is 6.29. The van der Waals surface area contributed by atoms with E-state index in [1.54, 1.807) is 12.7 Å². The van der Waals surface area contributed by atoms with Gasteiger partial charge in [0.25, 0.3) is 0 Å². The Morgan fingerprint density at radius 3 is 2.45 bits per heavy atom. The molecule has 3 aromatic rings. The van der Waals surface area contributed by atoms with E-state index >= 15 is 0 Å².